The lowest BCUT2D eigenvalue weighted by atomic mass is 9.74. The first-order valence-electron chi connectivity index (χ1n) is 8.43. The van der Waals surface area contributed by atoms with Gasteiger partial charge in [-0.3, -0.25) is 4.79 Å². The lowest BCUT2D eigenvalue weighted by molar-refractivity contribution is -0.136. The van der Waals surface area contributed by atoms with Crippen LogP contribution in [-0.2, 0) is 9.53 Å². The van der Waals surface area contributed by atoms with Crippen LogP contribution in [0.1, 0.15) is 57.8 Å². The summed E-state index contributed by atoms with van der Waals surface area (Å²) >= 11 is 0. The van der Waals surface area contributed by atoms with E-state index in [1.54, 1.807) is 0 Å². The Hall–Kier alpha value is -0.610. The molecule has 0 aromatic heterocycles. The van der Waals surface area contributed by atoms with E-state index in [2.05, 4.69) is 5.32 Å². The SMILES string of the molecule is O=C(CCNC1CCOC2(CCC2)C1)N1CCCCC1. The molecule has 3 aliphatic rings. The minimum absolute atomic E-state index is 0.201. The zero-order valence-electron chi connectivity index (χ0n) is 12.5. The lowest BCUT2D eigenvalue weighted by Crippen LogP contribution is -2.51. The molecule has 0 radical (unpaired) electrons. The summed E-state index contributed by atoms with van der Waals surface area (Å²) in [5.74, 6) is 0.336. The van der Waals surface area contributed by atoms with Gasteiger partial charge in [0, 0.05) is 38.7 Å². The normalized spacial score (nSPS) is 29.2. The Kier molecular flexibility index (Phi) is 4.61. The summed E-state index contributed by atoms with van der Waals surface area (Å²) in [5.41, 5.74) is 0.201. The highest BCUT2D eigenvalue weighted by atomic mass is 16.5. The van der Waals surface area contributed by atoms with Gasteiger partial charge in [-0.15, -0.1) is 0 Å². The highest BCUT2D eigenvalue weighted by molar-refractivity contribution is 5.76. The highest BCUT2D eigenvalue weighted by Gasteiger charge is 2.42. The van der Waals surface area contributed by atoms with Crippen LogP contribution in [0.15, 0.2) is 0 Å². The quantitative estimate of drug-likeness (QED) is 0.857. The maximum absolute atomic E-state index is 12.1. The minimum atomic E-state index is 0.201. The number of hydrogen-bond donors (Lipinski definition) is 1. The van der Waals surface area contributed by atoms with E-state index in [-0.39, 0.29) is 5.60 Å². The van der Waals surface area contributed by atoms with Crippen molar-refractivity contribution in [3.63, 3.8) is 0 Å². The molecule has 20 heavy (non-hydrogen) atoms. The van der Waals surface area contributed by atoms with Crippen LogP contribution in [0.4, 0.5) is 0 Å². The maximum Gasteiger partial charge on any atom is 0.223 e. The molecule has 1 unspecified atom stereocenters. The van der Waals surface area contributed by atoms with Gasteiger partial charge in [0.25, 0.3) is 0 Å². The van der Waals surface area contributed by atoms with Crippen molar-refractivity contribution < 1.29 is 9.53 Å². The van der Waals surface area contributed by atoms with Crippen LogP contribution >= 0.6 is 0 Å². The van der Waals surface area contributed by atoms with Crippen molar-refractivity contribution in [3.05, 3.63) is 0 Å². The molecular weight excluding hydrogens is 252 g/mol. The van der Waals surface area contributed by atoms with Crippen molar-refractivity contribution in [3.8, 4) is 0 Å². The van der Waals surface area contributed by atoms with E-state index in [1.807, 2.05) is 4.90 Å². The molecule has 1 amide bonds. The number of carbonyl (C=O) groups excluding carboxylic acids is 1. The molecular formula is C16H28N2O2. The molecule has 2 saturated heterocycles. The smallest absolute Gasteiger partial charge is 0.223 e. The van der Waals surface area contributed by atoms with Crippen LogP contribution in [-0.4, -0.2) is 48.7 Å². The summed E-state index contributed by atoms with van der Waals surface area (Å²) in [4.78, 5) is 14.1. The van der Waals surface area contributed by atoms with E-state index >= 15 is 0 Å². The fraction of sp³-hybridized carbons (Fsp3) is 0.938. The molecule has 114 valence electrons. The predicted octanol–water partition coefficient (Wildman–Crippen LogP) is 2.08. The van der Waals surface area contributed by atoms with Gasteiger partial charge in [0.15, 0.2) is 0 Å². The van der Waals surface area contributed by atoms with Crippen LogP contribution < -0.4 is 5.32 Å². The molecule has 3 fully saturated rings. The number of nitrogens with one attached hydrogen (secondary N) is 1. The van der Waals surface area contributed by atoms with Gasteiger partial charge in [0.1, 0.15) is 0 Å². The third kappa shape index (κ3) is 3.34. The first kappa shape index (κ1) is 14.3. The molecule has 3 rings (SSSR count). The van der Waals surface area contributed by atoms with Gasteiger partial charge in [0.2, 0.25) is 5.91 Å². The average Bonchev–Trinajstić information content (AvgIpc) is 2.47. The second-order valence-electron chi connectivity index (χ2n) is 6.72. The number of amides is 1. The second kappa shape index (κ2) is 6.44. The second-order valence-corrected chi connectivity index (χ2v) is 6.72. The van der Waals surface area contributed by atoms with Crippen molar-refractivity contribution in [1.82, 2.24) is 10.2 Å². The van der Waals surface area contributed by atoms with E-state index in [9.17, 15) is 4.79 Å². The molecule has 2 aliphatic heterocycles. The fourth-order valence-corrected chi connectivity index (χ4v) is 3.81. The molecule has 0 bridgehead atoms. The summed E-state index contributed by atoms with van der Waals surface area (Å²) < 4.78 is 5.94. The van der Waals surface area contributed by atoms with Crippen molar-refractivity contribution in [2.75, 3.05) is 26.2 Å². The maximum atomic E-state index is 12.1. The summed E-state index contributed by atoms with van der Waals surface area (Å²) in [7, 11) is 0. The summed E-state index contributed by atoms with van der Waals surface area (Å²) in [5, 5.41) is 3.59. The van der Waals surface area contributed by atoms with Gasteiger partial charge in [-0.25, -0.2) is 0 Å². The lowest BCUT2D eigenvalue weighted by Gasteiger charge is -2.47. The van der Waals surface area contributed by atoms with E-state index in [0.29, 0.717) is 18.4 Å². The number of carbonyl (C=O) groups is 1. The van der Waals surface area contributed by atoms with Crippen molar-refractivity contribution in [1.29, 1.82) is 0 Å². The highest BCUT2D eigenvalue weighted by Crippen LogP contribution is 2.42. The van der Waals surface area contributed by atoms with Gasteiger partial charge in [-0.2, -0.15) is 0 Å². The number of nitrogens with zero attached hydrogens (tertiary/aromatic N) is 1. The minimum Gasteiger partial charge on any atom is -0.375 e. The van der Waals surface area contributed by atoms with Gasteiger partial charge in [-0.05, 0) is 51.4 Å². The van der Waals surface area contributed by atoms with Crippen LogP contribution in [0, 0.1) is 0 Å². The van der Waals surface area contributed by atoms with Crippen molar-refractivity contribution in [2.24, 2.45) is 0 Å². The zero-order chi connectivity index (χ0) is 13.8. The number of ether oxygens (including phenoxy) is 1. The third-order valence-corrected chi connectivity index (χ3v) is 5.24. The molecule has 2 heterocycles. The molecule has 4 heteroatoms. The zero-order valence-corrected chi connectivity index (χ0v) is 12.5. The first-order chi connectivity index (χ1) is 9.77. The van der Waals surface area contributed by atoms with E-state index < -0.39 is 0 Å². The molecule has 1 saturated carbocycles. The largest absolute Gasteiger partial charge is 0.375 e. The Morgan fingerprint density at radius 3 is 2.70 bits per heavy atom. The number of rotatable bonds is 4. The van der Waals surface area contributed by atoms with Crippen LogP contribution in [0.3, 0.4) is 0 Å². The van der Waals surface area contributed by atoms with Crippen LogP contribution in [0.25, 0.3) is 0 Å². The van der Waals surface area contributed by atoms with Gasteiger partial charge in [-0.1, -0.05) is 0 Å². The Bertz CT molecular complexity index is 335. The monoisotopic (exact) mass is 280 g/mol. The molecule has 0 aromatic rings. The molecule has 1 spiro atoms. The average molecular weight is 280 g/mol. The van der Waals surface area contributed by atoms with Crippen LogP contribution in [0.2, 0.25) is 0 Å². The van der Waals surface area contributed by atoms with Crippen molar-refractivity contribution >= 4 is 5.91 Å². The van der Waals surface area contributed by atoms with Crippen molar-refractivity contribution in [2.45, 2.75) is 69.4 Å². The predicted molar refractivity (Wildman–Crippen MR) is 78.6 cm³/mol. The molecule has 1 N–H and O–H groups in total. The molecule has 1 aliphatic carbocycles. The van der Waals surface area contributed by atoms with Gasteiger partial charge in [0.05, 0.1) is 5.60 Å². The standard InChI is InChI=1S/C16H28N2O2/c19-15(18-10-2-1-3-11-18)5-9-17-14-6-12-20-16(13-14)7-4-8-16/h14,17H,1-13H2. The Balaban J connectivity index is 1.35. The fourth-order valence-electron chi connectivity index (χ4n) is 3.81. The number of hydrogen-bond acceptors (Lipinski definition) is 3. The van der Waals surface area contributed by atoms with E-state index in [1.165, 1.54) is 38.5 Å². The van der Waals surface area contributed by atoms with Gasteiger partial charge < -0.3 is 15.0 Å². The Labute approximate surface area is 122 Å². The topological polar surface area (TPSA) is 41.6 Å². The molecule has 1 atom stereocenters. The summed E-state index contributed by atoms with van der Waals surface area (Å²) in [6.07, 6.45) is 10.3. The molecule has 0 aromatic carbocycles. The molecule has 4 nitrogen and oxygen atoms in total. The summed E-state index contributed by atoms with van der Waals surface area (Å²) in [6.45, 7) is 3.66. The number of likely N-dealkylation sites (tertiary alicyclic amines) is 1. The van der Waals surface area contributed by atoms with E-state index in [4.69, 9.17) is 4.74 Å². The Morgan fingerprint density at radius 1 is 1.20 bits per heavy atom. The van der Waals surface area contributed by atoms with Crippen LogP contribution in [0.5, 0.6) is 0 Å². The first-order valence-corrected chi connectivity index (χ1v) is 8.43. The summed E-state index contributed by atoms with van der Waals surface area (Å²) in [6, 6.07) is 0.554. The number of piperidine rings is 1. The van der Waals surface area contributed by atoms with E-state index in [0.717, 1.165) is 39.1 Å². The Morgan fingerprint density at radius 2 is 2.00 bits per heavy atom. The van der Waals surface area contributed by atoms with Gasteiger partial charge >= 0.3 is 0 Å². The third-order valence-electron chi connectivity index (χ3n) is 5.24.